The highest BCUT2D eigenvalue weighted by atomic mass is 127. The molecule has 1 aromatic rings. The number of hydrogen-bond donors (Lipinski definition) is 0. The molecular formula is C13H18INO. The van der Waals surface area contributed by atoms with Gasteiger partial charge in [0.2, 0.25) is 0 Å². The molecule has 16 heavy (non-hydrogen) atoms. The van der Waals surface area contributed by atoms with Crippen molar-refractivity contribution in [3.8, 4) is 0 Å². The van der Waals surface area contributed by atoms with Crippen molar-refractivity contribution in [2.45, 2.75) is 20.8 Å². The molecule has 1 aromatic carbocycles. The molecule has 0 fully saturated rings. The van der Waals surface area contributed by atoms with E-state index in [-0.39, 0.29) is 11.3 Å². The molecule has 0 N–H and O–H groups in total. The summed E-state index contributed by atoms with van der Waals surface area (Å²) >= 11 is 2.22. The summed E-state index contributed by atoms with van der Waals surface area (Å²) in [5.41, 5.74) is 0.894. The Labute approximate surface area is 111 Å². The molecule has 1 amide bonds. The summed E-state index contributed by atoms with van der Waals surface area (Å²) in [7, 11) is 1.85. The molecule has 0 bridgehead atoms. The fourth-order valence-electron chi connectivity index (χ4n) is 1.63. The van der Waals surface area contributed by atoms with Crippen LogP contribution in [0.3, 0.4) is 0 Å². The maximum absolute atomic E-state index is 12.1. The van der Waals surface area contributed by atoms with Crippen LogP contribution < -0.4 is 0 Å². The van der Waals surface area contributed by atoms with Gasteiger partial charge in [-0.1, -0.05) is 26.8 Å². The van der Waals surface area contributed by atoms with Crippen LogP contribution in [0.1, 0.15) is 31.1 Å². The number of halogens is 1. The van der Waals surface area contributed by atoms with E-state index in [1.54, 1.807) is 4.90 Å². The van der Waals surface area contributed by atoms with Crippen molar-refractivity contribution in [2.75, 3.05) is 13.6 Å². The number of hydrogen-bond acceptors (Lipinski definition) is 1. The standard InChI is InChI=1S/C13H18INO/c1-13(2,3)9-15(4)12(16)10-6-5-7-11(14)8-10/h5-8H,9H2,1-4H3. The minimum absolute atomic E-state index is 0.0911. The second-order valence-corrected chi connectivity index (χ2v) is 6.48. The number of carbonyl (C=O) groups is 1. The predicted octanol–water partition coefficient (Wildman–Crippen LogP) is 3.41. The van der Waals surface area contributed by atoms with E-state index in [0.717, 1.165) is 15.7 Å². The number of amides is 1. The highest BCUT2D eigenvalue weighted by molar-refractivity contribution is 14.1. The molecule has 0 saturated heterocycles. The zero-order chi connectivity index (χ0) is 12.3. The average molecular weight is 331 g/mol. The van der Waals surface area contributed by atoms with E-state index in [9.17, 15) is 4.79 Å². The molecule has 2 nitrogen and oxygen atoms in total. The molecule has 0 radical (unpaired) electrons. The molecule has 88 valence electrons. The van der Waals surface area contributed by atoms with E-state index in [1.165, 1.54) is 0 Å². The SMILES string of the molecule is CN(CC(C)(C)C)C(=O)c1cccc(I)c1. The van der Waals surface area contributed by atoms with Crippen molar-refractivity contribution in [3.05, 3.63) is 33.4 Å². The fourth-order valence-corrected chi connectivity index (χ4v) is 2.17. The third-order valence-electron chi connectivity index (χ3n) is 2.13. The summed E-state index contributed by atoms with van der Waals surface area (Å²) < 4.78 is 1.09. The number of rotatable bonds is 2. The van der Waals surface area contributed by atoms with Gasteiger partial charge in [0.15, 0.2) is 0 Å². The van der Waals surface area contributed by atoms with E-state index >= 15 is 0 Å². The number of carbonyl (C=O) groups excluding carboxylic acids is 1. The smallest absolute Gasteiger partial charge is 0.253 e. The van der Waals surface area contributed by atoms with Crippen LogP contribution in [0.2, 0.25) is 0 Å². The minimum Gasteiger partial charge on any atom is -0.341 e. The molecule has 0 unspecified atom stereocenters. The molecular weight excluding hydrogens is 313 g/mol. The molecule has 0 aromatic heterocycles. The van der Waals surface area contributed by atoms with E-state index in [0.29, 0.717) is 0 Å². The molecule has 0 aliphatic heterocycles. The van der Waals surface area contributed by atoms with Crippen LogP contribution in [0.25, 0.3) is 0 Å². The second-order valence-electron chi connectivity index (χ2n) is 5.23. The van der Waals surface area contributed by atoms with E-state index in [1.807, 2.05) is 31.3 Å². The van der Waals surface area contributed by atoms with Crippen molar-refractivity contribution < 1.29 is 4.79 Å². The number of nitrogens with zero attached hydrogens (tertiary/aromatic N) is 1. The Balaban J connectivity index is 2.78. The molecule has 3 heteroatoms. The van der Waals surface area contributed by atoms with E-state index in [2.05, 4.69) is 43.4 Å². The van der Waals surface area contributed by atoms with Gasteiger partial charge in [0.05, 0.1) is 0 Å². The van der Waals surface area contributed by atoms with Crippen LogP contribution in [0.15, 0.2) is 24.3 Å². The van der Waals surface area contributed by atoms with Crippen LogP contribution in [-0.4, -0.2) is 24.4 Å². The van der Waals surface area contributed by atoms with Gasteiger partial charge in [0.25, 0.3) is 5.91 Å². The van der Waals surface area contributed by atoms with Gasteiger partial charge in [-0.15, -0.1) is 0 Å². The molecule has 0 saturated carbocycles. The van der Waals surface area contributed by atoms with Crippen molar-refractivity contribution in [1.82, 2.24) is 4.90 Å². The molecule has 0 heterocycles. The van der Waals surface area contributed by atoms with E-state index < -0.39 is 0 Å². The van der Waals surface area contributed by atoms with Gasteiger partial charge < -0.3 is 4.90 Å². The Morgan fingerprint density at radius 1 is 1.38 bits per heavy atom. The van der Waals surface area contributed by atoms with Gasteiger partial charge >= 0.3 is 0 Å². The van der Waals surface area contributed by atoms with Gasteiger partial charge in [-0.05, 0) is 46.2 Å². The average Bonchev–Trinajstić information content (AvgIpc) is 2.14. The third kappa shape index (κ3) is 4.12. The molecule has 1 rings (SSSR count). The topological polar surface area (TPSA) is 20.3 Å². The Morgan fingerprint density at radius 3 is 2.50 bits per heavy atom. The largest absolute Gasteiger partial charge is 0.341 e. The second kappa shape index (κ2) is 5.17. The first-order valence-corrected chi connectivity index (χ1v) is 6.38. The fraction of sp³-hybridized carbons (Fsp3) is 0.462. The highest BCUT2D eigenvalue weighted by Crippen LogP contribution is 2.16. The van der Waals surface area contributed by atoms with Gasteiger partial charge in [0, 0.05) is 22.7 Å². The third-order valence-corrected chi connectivity index (χ3v) is 2.80. The summed E-state index contributed by atoms with van der Waals surface area (Å²) in [6.07, 6.45) is 0. The van der Waals surface area contributed by atoms with Crippen molar-refractivity contribution in [2.24, 2.45) is 5.41 Å². The lowest BCUT2D eigenvalue weighted by molar-refractivity contribution is 0.0745. The minimum atomic E-state index is 0.0911. The van der Waals surface area contributed by atoms with Gasteiger partial charge in [-0.2, -0.15) is 0 Å². The first-order valence-electron chi connectivity index (χ1n) is 5.31. The zero-order valence-corrected chi connectivity index (χ0v) is 12.4. The summed E-state index contributed by atoms with van der Waals surface area (Å²) in [6, 6.07) is 7.69. The quantitative estimate of drug-likeness (QED) is 0.761. The summed E-state index contributed by atoms with van der Waals surface area (Å²) in [5.74, 6) is 0.0911. The lowest BCUT2D eigenvalue weighted by Gasteiger charge is -2.26. The van der Waals surface area contributed by atoms with Gasteiger partial charge in [-0.3, -0.25) is 4.79 Å². The summed E-state index contributed by atoms with van der Waals surface area (Å²) in [6.45, 7) is 7.15. The molecule has 0 spiro atoms. The zero-order valence-electron chi connectivity index (χ0n) is 10.2. The highest BCUT2D eigenvalue weighted by Gasteiger charge is 2.18. The Morgan fingerprint density at radius 2 is 2.00 bits per heavy atom. The van der Waals surface area contributed by atoms with Crippen LogP contribution in [-0.2, 0) is 0 Å². The normalized spacial score (nSPS) is 11.3. The lowest BCUT2D eigenvalue weighted by Crippen LogP contribution is -2.34. The van der Waals surface area contributed by atoms with Crippen LogP contribution in [0, 0.1) is 8.99 Å². The predicted molar refractivity (Wildman–Crippen MR) is 75.6 cm³/mol. The monoisotopic (exact) mass is 331 g/mol. The van der Waals surface area contributed by atoms with Crippen LogP contribution >= 0.6 is 22.6 Å². The Hall–Kier alpha value is -0.580. The Kier molecular flexibility index (Phi) is 4.35. The van der Waals surface area contributed by atoms with Gasteiger partial charge in [0.1, 0.15) is 0 Å². The van der Waals surface area contributed by atoms with Crippen molar-refractivity contribution in [3.63, 3.8) is 0 Å². The maximum atomic E-state index is 12.1. The first kappa shape index (κ1) is 13.5. The summed E-state index contributed by atoms with van der Waals surface area (Å²) in [4.78, 5) is 13.9. The van der Waals surface area contributed by atoms with Crippen molar-refractivity contribution in [1.29, 1.82) is 0 Å². The maximum Gasteiger partial charge on any atom is 0.253 e. The van der Waals surface area contributed by atoms with Crippen LogP contribution in [0.4, 0.5) is 0 Å². The first-order chi connectivity index (χ1) is 7.29. The molecule has 0 aliphatic carbocycles. The van der Waals surface area contributed by atoms with Crippen LogP contribution in [0.5, 0.6) is 0 Å². The lowest BCUT2D eigenvalue weighted by atomic mass is 9.96. The van der Waals surface area contributed by atoms with E-state index in [4.69, 9.17) is 0 Å². The van der Waals surface area contributed by atoms with Crippen molar-refractivity contribution >= 4 is 28.5 Å². The molecule has 0 aliphatic rings. The number of benzene rings is 1. The molecule has 0 atom stereocenters. The Bertz CT molecular complexity index is 382. The summed E-state index contributed by atoms with van der Waals surface area (Å²) in [5, 5.41) is 0. The van der Waals surface area contributed by atoms with Gasteiger partial charge in [-0.25, -0.2) is 0 Å².